The molecule has 3 nitrogen and oxygen atoms in total. The number of hydrogen-bond donors (Lipinski definition) is 1. The van der Waals surface area contributed by atoms with Crippen LogP contribution in [0.3, 0.4) is 0 Å². The van der Waals surface area contributed by atoms with Gasteiger partial charge in [-0.1, -0.05) is 37.6 Å². The molecule has 2 unspecified atom stereocenters. The number of aliphatic carboxylic acids is 1. The van der Waals surface area contributed by atoms with Crippen LogP contribution in [0.25, 0.3) is 0 Å². The van der Waals surface area contributed by atoms with Gasteiger partial charge in [0.15, 0.2) is 0 Å². The number of carboxylic acid groups (broad SMARTS) is 1. The molecule has 0 bridgehead atoms. The second-order valence-electron chi connectivity index (χ2n) is 5.58. The highest BCUT2D eigenvalue weighted by Crippen LogP contribution is 2.36. The van der Waals surface area contributed by atoms with Crippen molar-refractivity contribution in [3.63, 3.8) is 0 Å². The molecule has 0 aromatic heterocycles. The van der Waals surface area contributed by atoms with E-state index in [1.807, 2.05) is 0 Å². The van der Waals surface area contributed by atoms with Crippen molar-refractivity contribution in [2.45, 2.75) is 39.7 Å². The van der Waals surface area contributed by atoms with Gasteiger partial charge < -0.3 is 5.11 Å². The summed E-state index contributed by atoms with van der Waals surface area (Å²) < 4.78 is 0. The minimum absolute atomic E-state index is 0.311. The summed E-state index contributed by atoms with van der Waals surface area (Å²) in [6.45, 7) is 7.55. The van der Waals surface area contributed by atoms with Gasteiger partial charge in [-0.25, -0.2) is 0 Å². The van der Waals surface area contributed by atoms with Gasteiger partial charge in [0.2, 0.25) is 0 Å². The summed E-state index contributed by atoms with van der Waals surface area (Å²) in [7, 11) is 0. The predicted octanol–water partition coefficient (Wildman–Crippen LogP) is 3.02. The molecule has 2 atom stereocenters. The average Bonchev–Trinajstić information content (AvgIpc) is 2.78. The lowest BCUT2D eigenvalue weighted by Crippen LogP contribution is -2.34. The topological polar surface area (TPSA) is 40.5 Å². The van der Waals surface area contributed by atoms with Gasteiger partial charge in [0.25, 0.3) is 0 Å². The molecule has 0 amide bonds. The van der Waals surface area contributed by atoms with Gasteiger partial charge in [-0.3, -0.25) is 9.69 Å². The number of carboxylic acids is 1. The number of benzene rings is 1. The summed E-state index contributed by atoms with van der Waals surface area (Å²) in [5.41, 5.74) is 4.12. The van der Waals surface area contributed by atoms with E-state index in [1.54, 1.807) is 6.92 Å². The molecule has 0 fully saturated rings. The van der Waals surface area contributed by atoms with Gasteiger partial charge in [0.05, 0.1) is 5.92 Å². The first-order valence-corrected chi connectivity index (χ1v) is 7.09. The Balaban J connectivity index is 2.18. The highest BCUT2D eigenvalue weighted by molar-refractivity contribution is 5.69. The lowest BCUT2D eigenvalue weighted by atomic mass is 10.0. The molecule has 2 rings (SSSR count). The number of carbonyl (C=O) groups is 1. The zero-order chi connectivity index (χ0) is 14.0. The largest absolute Gasteiger partial charge is 0.481 e. The Morgan fingerprint density at radius 2 is 2.26 bits per heavy atom. The summed E-state index contributed by atoms with van der Waals surface area (Å²) in [5.74, 6) is -1.02. The maximum atomic E-state index is 11.0. The van der Waals surface area contributed by atoms with E-state index in [1.165, 1.54) is 16.7 Å². The third-order valence-corrected chi connectivity index (χ3v) is 4.12. The third kappa shape index (κ3) is 2.98. The van der Waals surface area contributed by atoms with E-state index in [0.29, 0.717) is 12.6 Å². The standard InChI is InChI=1S/C16H23NO2/c1-4-17(10-12(3)16(18)19)15-8-7-13-6-5-11(2)9-14(13)15/h5-6,9,12,15H,4,7-8,10H2,1-3H3,(H,18,19). The van der Waals surface area contributed by atoms with E-state index < -0.39 is 5.97 Å². The second kappa shape index (κ2) is 5.74. The van der Waals surface area contributed by atoms with Crippen LogP contribution in [-0.2, 0) is 11.2 Å². The zero-order valence-electron chi connectivity index (χ0n) is 12.0. The van der Waals surface area contributed by atoms with Crippen LogP contribution in [0.15, 0.2) is 18.2 Å². The van der Waals surface area contributed by atoms with E-state index >= 15 is 0 Å². The minimum Gasteiger partial charge on any atom is -0.481 e. The van der Waals surface area contributed by atoms with E-state index in [2.05, 4.69) is 36.9 Å². The molecule has 1 N–H and O–H groups in total. The molecule has 0 radical (unpaired) electrons. The van der Waals surface area contributed by atoms with E-state index in [9.17, 15) is 4.79 Å². The van der Waals surface area contributed by atoms with Gasteiger partial charge >= 0.3 is 5.97 Å². The first-order valence-electron chi connectivity index (χ1n) is 7.09. The highest BCUT2D eigenvalue weighted by Gasteiger charge is 2.29. The second-order valence-corrected chi connectivity index (χ2v) is 5.58. The highest BCUT2D eigenvalue weighted by atomic mass is 16.4. The molecular weight excluding hydrogens is 238 g/mol. The molecule has 0 heterocycles. The molecule has 0 aliphatic heterocycles. The van der Waals surface area contributed by atoms with Crippen LogP contribution >= 0.6 is 0 Å². The molecule has 1 aromatic rings. The van der Waals surface area contributed by atoms with Gasteiger partial charge in [0.1, 0.15) is 0 Å². The van der Waals surface area contributed by atoms with Crippen LogP contribution in [-0.4, -0.2) is 29.1 Å². The van der Waals surface area contributed by atoms with Gasteiger partial charge in [0, 0.05) is 12.6 Å². The molecule has 1 aromatic carbocycles. The van der Waals surface area contributed by atoms with Crippen LogP contribution in [0, 0.1) is 12.8 Å². The van der Waals surface area contributed by atoms with E-state index in [-0.39, 0.29) is 5.92 Å². The Hall–Kier alpha value is -1.35. The van der Waals surface area contributed by atoms with Gasteiger partial charge in [-0.05, 0) is 37.4 Å². The monoisotopic (exact) mass is 261 g/mol. The molecule has 104 valence electrons. The first kappa shape index (κ1) is 14.1. The smallest absolute Gasteiger partial charge is 0.307 e. The summed E-state index contributed by atoms with van der Waals surface area (Å²) in [4.78, 5) is 13.3. The number of rotatable bonds is 5. The fourth-order valence-corrected chi connectivity index (χ4v) is 2.99. The van der Waals surface area contributed by atoms with Crippen LogP contribution in [0.4, 0.5) is 0 Å². The fourth-order valence-electron chi connectivity index (χ4n) is 2.99. The minimum atomic E-state index is -0.707. The summed E-state index contributed by atoms with van der Waals surface area (Å²) >= 11 is 0. The molecular formula is C16H23NO2. The normalized spacial score (nSPS) is 19.5. The van der Waals surface area contributed by atoms with Gasteiger partial charge in [-0.15, -0.1) is 0 Å². The van der Waals surface area contributed by atoms with Crippen molar-refractivity contribution in [2.75, 3.05) is 13.1 Å². The molecule has 0 saturated heterocycles. The van der Waals surface area contributed by atoms with Crippen molar-refractivity contribution in [1.29, 1.82) is 0 Å². The SMILES string of the molecule is CCN(CC(C)C(=O)O)C1CCc2ccc(C)cc21. The third-order valence-electron chi connectivity index (χ3n) is 4.12. The Bertz CT molecular complexity index is 470. The van der Waals surface area contributed by atoms with E-state index in [0.717, 1.165) is 19.4 Å². The first-order chi connectivity index (χ1) is 9.02. The molecule has 19 heavy (non-hydrogen) atoms. The number of fused-ring (bicyclic) bond motifs is 1. The number of aryl methyl sites for hydroxylation is 2. The summed E-state index contributed by atoms with van der Waals surface area (Å²) in [6.07, 6.45) is 2.22. The molecule has 3 heteroatoms. The quantitative estimate of drug-likeness (QED) is 0.885. The lowest BCUT2D eigenvalue weighted by Gasteiger charge is -2.30. The average molecular weight is 261 g/mol. The van der Waals surface area contributed by atoms with Crippen molar-refractivity contribution in [1.82, 2.24) is 4.90 Å². The lowest BCUT2D eigenvalue weighted by molar-refractivity contribution is -0.141. The molecule has 0 spiro atoms. The molecule has 1 aliphatic carbocycles. The van der Waals surface area contributed by atoms with Crippen LogP contribution in [0.1, 0.15) is 43.0 Å². The van der Waals surface area contributed by atoms with Crippen molar-refractivity contribution in [3.8, 4) is 0 Å². The van der Waals surface area contributed by atoms with Crippen molar-refractivity contribution in [3.05, 3.63) is 34.9 Å². The van der Waals surface area contributed by atoms with E-state index in [4.69, 9.17) is 5.11 Å². The Kier molecular flexibility index (Phi) is 4.25. The van der Waals surface area contributed by atoms with Gasteiger partial charge in [-0.2, -0.15) is 0 Å². The fraction of sp³-hybridized carbons (Fsp3) is 0.562. The van der Waals surface area contributed by atoms with Crippen molar-refractivity contribution >= 4 is 5.97 Å². The summed E-state index contributed by atoms with van der Waals surface area (Å²) in [6, 6.07) is 7.04. The Labute approximate surface area is 115 Å². The van der Waals surface area contributed by atoms with Crippen molar-refractivity contribution in [2.24, 2.45) is 5.92 Å². The zero-order valence-corrected chi connectivity index (χ0v) is 12.0. The van der Waals surface area contributed by atoms with Crippen LogP contribution in [0.2, 0.25) is 0 Å². The van der Waals surface area contributed by atoms with Crippen LogP contribution in [0.5, 0.6) is 0 Å². The molecule has 0 saturated carbocycles. The predicted molar refractivity (Wildman–Crippen MR) is 76.3 cm³/mol. The maximum absolute atomic E-state index is 11.0. The number of hydrogen-bond acceptors (Lipinski definition) is 2. The Morgan fingerprint density at radius 1 is 1.53 bits per heavy atom. The Morgan fingerprint density at radius 3 is 2.89 bits per heavy atom. The van der Waals surface area contributed by atoms with Crippen molar-refractivity contribution < 1.29 is 9.90 Å². The number of nitrogens with zero attached hydrogens (tertiary/aromatic N) is 1. The summed E-state index contributed by atoms with van der Waals surface area (Å²) in [5, 5.41) is 9.08. The molecule has 1 aliphatic rings. The van der Waals surface area contributed by atoms with Crippen LogP contribution < -0.4 is 0 Å². The maximum Gasteiger partial charge on any atom is 0.307 e.